The molecule has 190 valence electrons. The van der Waals surface area contributed by atoms with E-state index in [0.29, 0.717) is 17.6 Å². The molecule has 9 heteroatoms. The SMILES string of the molecule is CN(Cc1nccn1C)C1CCN(c2ccc(NC(=O)Nc3ccc(OC4CCCC4)nc3)cc2)C1. The second-order valence-corrected chi connectivity index (χ2v) is 9.79. The lowest BCUT2D eigenvalue weighted by atomic mass is 10.2. The number of rotatable bonds is 8. The molecule has 3 aromatic rings. The average molecular weight is 490 g/mol. The highest BCUT2D eigenvalue weighted by atomic mass is 16.5. The van der Waals surface area contributed by atoms with Crippen LogP contribution in [0.15, 0.2) is 55.0 Å². The fraction of sp³-hybridized carbons (Fsp3) is 0.444. The van der Waals surface area contributed by atoms with Gasteiger partial charge in [-0.05, 0) is 69.5 Å². The number of nitrogens with zero attached hydrogens (tertiary/aromatic N) is 5. The van der Waals surface area contributed by atoms with Crippen molar-refractivity contribution in [3.63, 3.8) is 0 Å². The van der Waals surface area contributed by atoms with Gasteiger partial charge in [0.15, 0.2) is 0 Å². The molecule has 0 radical (unpaired) electrons. The number of benzene rings is 1. The molecular weight excluding hydrogens is 454 g/mol. The summed E-state index contributed by atoms with van der Waals surface area (Å²) in [7, 11) is 4.20. The molecule has 36 heavy (non-hydrogen) atoms. The van der Waals surface area contributed by atoms with E-state index in [1.54, 1.807) is 12.3 Å². The maximum Gasteiger partial charge on any atom is 0.323 e. The number of carbonyl (C=O) groups is 1. The fourth-order valence-electron chi connectivity index (χ4n) is 4.99. The van der Waals surface area contributed by atoms with Gasteiger partial charge < -0.3 is 24.8 Å². The predicted octanol–water partition coefficient (Wildman–Crippen LogP) is 4.49. The second kappa shape index (κ2) is 11.0. The van der Waals surface area contributed by atoms with Crippen LogP contribution in [0.1, 0.15) is 37.9 Å². The van der Waals surface area contributed by atoms with Gasteiger partial charge in [-0.25, -0.2) is 14.8 Å². The molecule has 2 amide bonds. The third kappa shape index (κ3) is 5.96. The molecule has 3 heterocycles. The summed E-state index contributed by atoms with van der Waals surface area (Å²) < 4.78 is 7.95. The minimum atomic E-state index is -0.300. The van der Waals surface area contributed by atoms with Crippen molar-refractivity contribution < 1.29 is 9.53 Å². The van der Waals surface area contributed by atoms with Gasteiger partial charge in [0.25, 0.3) is 0 Å². The molecule has 1 aromatic carbocycles. The van der Waals surface area contributed by atoms with E-state index in [-0.39, 0.29) is 12.1 Å². The van der Waals surface area contributed by atoms with Crippen molar-refractivity contribution in [2.75, 3.05) is 35.7 Å². The molecule has 0 bridgehead atoms. The Morgan fingerprint density at radius 3 is 2.50 bits per heavy atom. The number of carbonyl (C=O) groups excluding carboxylic acids is 1. The van der Waals surface area contributed by atoms with Crippen molar-refractivity contribution in [2.24, 2.45) is 7.05 Å². The van der Waals surface area contributed by atoms with Crippen LogP contribution in [0.4, 0.5) is 21.9 Å². The first-order valence-electron chi connectivity index (χ1n) is 12.8. The summed E-state index contributed by atoms with van der Waals surface area (Å²) >= 11 is 0. The Morgan fingerprint density at radius 1 is 1.06 bits per heavy atom. The average Bonchev–Trinajstić information content (AvgIpc) is 3.64. The van der Waals surface area contributed by atoms with Crippen molar-refractivity contribution >= 4 is 23.1 Å². The summed E-state index contributed by atoms with van der Waals surface area (Å²) in [4.78, 5) is 26.0. The van der Waals surface area contributed by atoms with Gasteiger partial charge in [-0.1, -0.05) is 0 Å². The number of hydrogen-bond acceptors (Lipinski definition) is 6. The van der Waals surface area contributed by atoms with Crippen LogP contribution in [0.5, 0.6) is 5.88 Å². The number of hydrogen-bond donors (Lipinski definition) is 2. The number of nitrogens with one attached hydrogen (secondary N) is 2. The second-order valence-electron chi connectivity index (χ2n) is 9.79. The smallest absolute Gasteiger partial charge is 0.323 e. The van der Waals surface area contributed by atoms with Crippen molar-refractivity contribution in [2.45, 2.75) is 50.8 Å². The van der Waals surface area contributed by atoms with Crippen LogP contribution in [0, 0.1) is 0 Å². The van der Waals surface area contributed by atoms with Crippen molar-refractivity contribution in [3.8, 4) is 5.88 Å². The molecule has 1 saturated carbocycles. The molecule has 1 aliphatic heterocycles. The van der Waals surface area contributed by atoms with E-state index in [0.717, 1.165) is 56.1 Å². The molecule has 5 rings (SSSR count). The monoisotopic (exact) mass is 489 g/mol. The summed E-state index contributed by atoms with van der Waals surface area (Å²) in [6.07, 6.45) is 11.4. The summed E-state index contributed by atoms with van der Waals surface area (Å²) in [5, 5.41) is 5.72. The number of aromatic nitrogens is 3. The van der Waals surface area contributed by atoms with Crippen LogP contribution in [0.25, 0.3) is 0 Å². The topological polar surface area (TPSA) is 87.6 Å². The highest BCUT2D eigenvalue weighted by molar-refractivity contribution is 5.99. The number of ether oxygens (including phenoxy) is 1. The molecule has 1 saturated heterocycles. The Labute approximate surface area is 212 Å². The minimum Gasteiger partial charge on any atom is -0.474 e. The largest absolute Gasteiger partial charge is 0.474 e. The maximum atomic E-state index is 12.5. The molecule has 2 aliphatic rings. The summed E-state index contributed by atoms with van der Waals surface area (Å²) in [5.74, 6) is 1.68. The lowest BCUT2D eigenvalue weighted by Crippen LogP contribution is -2.34. The van der Waals surface area contributed by atoms with Crippen LogP contribution in [0.3, 0.4) is 0 Å². The molecule has 0 spiro atoms. The van der Waals surface area contributed by atoms with Gasteiger partial charge >= 0.3 is 6.03 Å². The van der Waals surface area contributed by atoms with Crippen molar-refractivity contribution in [1.82, 2.24) is 19.4 Å². The number of amides is 2. The summed E-state index contributed by atoms with van der Waals surface area (Å²) in [6, 6.07) is 11.8. The van der Waals surface area contributed by atoms with Crippen LogP contribution >= 0.6 is 0 Å². The van der Waals surface area contributed by atoms with Crippen molar-refractivity contribution in [1.29, 1.82) is 0 Å². The fourth-order valence-corrected chi connectivity index (χ4v) is 4.99. The van der Waals surface area contributed by atoms with Gasteiger partial charge in [-0.15, -0.1) is 0 Å². The molecule has 1 aliphatic carbocycles. The third-order valence-electron chi connectivity index (χ3n) is 7.17. The van der Waals surface area contributed by atoms with Gasteiger partial charge in [-0.3, -0.25) is 4.90 Å². The molecule has 1 atom stereocenters. The molecule has 2 N–H and O–H groups in total. The van der Waals surface area contributed by atoms with E-state index in [1.165, 1.54) is 12.8 Å². The number of aryl methyl sites for hydroxylation is 1. The Kier molecular flexibility index (Phi) is 7.36. The maximum absolute atomic E-state index is 12.5. The van der Waals surface area contributed by atoms with E-state index in [1.807, 2.05) is 37.6 Å². The van der Waals surface area contributed by atoms with E-state index >= 15 is 0 Å². The van der Waals surface area contributed by atoms with Gasteiger partial charge in [0.2, 0.25) is 5.88 Å². The number of likely N-dealkylation sites (N-methyl/N-ethyl adjacent to an activating group) is 1. The highest BCUT2D eigenvalue weighted by Gasteiger charge is 2.26. The Bertz CT molecular complexity index is 1140. The van der Waals surface area contributed by atoms with E-state index < -0.39 is 0 Å². The zero-order valence-corrected chi connectivity index (χ0v) is 21.1. The van der Waals surface area contributed by atoms with Crippen LogP contribution in [0.2, 0.25) is 0 Å². The van der Waals surface area contributed by atoms with Crippen LogP contribution in [-0.2, 0) is 13.6 Å². The number of imidazole rings is 1. The summed E-state index contributed by atoms with van der Waals surface area (Å²) in [5.41, 5.74) is 2.53. The van der Waals surface area contributed by atoms with Crippen molar-refractivity contribution in [3.05, 3.63) is 60.8 Å². The predicted molar refractivity (Wildman–Crippen MR) is 141 cm³/mol. The number of urea groups is 1. The van der Waals surface area contributed by atoms with Gasteiger partial charge in [0.05, 0.1) is 18.4 Å². The number of anilines is 3. The van der Waals surface area contributed by atoms with Gasteiger partial charge in [0, 0.05) is 56.0 Å². The minimum absolute atomic E-state index is 0.265. The lowest BCUT2D eigenvalue weighted by molar-refractivity contribution is 0.201. The van der Waals surface area contributed by atoms with Crippen LogP contribution in [-0.4, -0.2) is 57.7 Å². The van der Waals surface area contributed by atoms with Gasteiger partial charge in [-0.2, -0.15) is 0 Å². The quantitative estimate of drug-likeness (QED) is 0.485. The standard InChI is InChI=1S/C27H35N7O2/c1-32-16-14-28-25(32)19-33(2)23-13-15-34(18-23)22-10-7-20(8-11-22)30-27(35)31-21-9-12-26(29-17-21)36-24-5-3-4-6-24/h7-12,14,16-17,23-24H,3-6,13,15,18-19H2,1-2H3,(H2,30,31,35). The Hall–Kier alpha value is -3.59. The van der Waals surface area contributed by atoms with E-state index in [4.69, 9.17) is 4.74 Å². The Morgan fingerprint density at radius 2 is 1.81 bits per heavy atom. The molecule has 1 unspecified atom stereocenters. The third-order valence-corrected chi connectivity index (χ3v) is 7.17. The van der Waals surface area contributed by atoms with E-state index in [2.05, 4.69) is 54.1 Å². The lowest BCUT2D eigenvalue weighted by Gasteiger charge is -2.25. The zero-order valence-electron chi connectivity index (χ0n) is 21.1. The zero-order chi connectivity index (χ0) is 24.9. The highest BCUT2D eigenvalue weighted by Crippen LogP contribution is 2.26. The molecular formula is C27H35N7O2. The molecule has 9 nitrogen and oxygen atoms in total. The van der Waals surface area contributed by atoms with Gasteiger partial charge in [0.1, 0.15) is 11.9 Å². The van der Waals surface area contributed by atoms with Crippen LogP contribution < -0.4 is 20.3 Å². The normalized spacial score (nSPS) is 18.1. The molecule has 2 fully saturated rings. The Balaban J connectivity index is 1.09. The summed E-state index contributed by atoms with van der Waals surface area (Å²) in [6.45, 7) is 2.82. The first-order chi connectivity index (χ1) is 17.5. The number of pyridine rings is 1. The van der Waals surface area contributed by atoms with E-state index in [9.17, 15) is 4.79 Å². The first kappa shape index (κ1) is 24.1. The molecule has 2 aromatic heterocycles. The first-order valence-corrected chi connectivity index (χ1v) is 12.8.